The van der Waals surface area contributed by atoms with Crippen LogP contribution in [0.4, 0.5) is 0 Å². The monoisotopic (exact) mass is 327 g/mol. The number of rotatable bonds is 5. The number of carbonyl (C=O) groups is 1. The molecule has 1 amide bonds. The number of carbonyl (C=O) groups excluding carboxylic acids is 1. The van der Waals surface area contributed by atoms with Gasteiger partial charge in [0.25, 0.3) is 0 Å². The molecule has 0 bridgehead atoms. The van der Waals surface area contributed by atoms with Crippen molar-refractivity contribution >= 4 is 27.5 Å². The zero-order chi connectivity index (χ0) is 16.2. The molecule has 23 heavy (non-hydrogen) atoms. The van der Waals surface area contributed by atoms with E-state index in [0.717, 1.165) is 20.8 Å². The van der Waals surface area contributed by atoms with Crippen molar-refractivity contribution in [2.75, 3.05) is 6.54 Å². The Labute approximate surface area is 136 Å². The maximum absolute atomic E-state index is 11.5. The highest BCUT2D eigenvalue weighted by atomic mass is 32.1. The number of amides is 1. The van der Waals surface area contributed by atoms with E-state index in [0.29, 0.717) is 12.3 Å². The molecular weight excluding hydrogens is 314 g/mol. The third-order valence-corrected chi connectivity index (χ3v) is 4.11. The van der Waals surface area contributed by atoms with Gasteiger partial charge in [0.05, 0.1) is 22.7 Å². The molecule has 3 rings (SSSR count). The molecule has 3 aromatic rings. The third-order valence-electron chi connectivity index (χ3n) is 3.07. The second-order valence-corrected chi connectivity index (χ2v) is 6.07. The first-order valence-electron chi connectivity index (χ1n) is 6.95. The van der Waals surface area contributed by atoms with E-state index in [4.69, 9.17) is 9.68 Å². The Morgan fingerprint density at radius 2 is 2.22 bits per heavy atom. The fraction of sp³-hybridized carbons (Fsp3) is 0.267. The number of nitrogens with one attached hydrogen (secondary N) is 1. The number of nitriles is 1. The van der Waals surface area contributed by atoms with Crippen LogP contribution >= 0.6 is 11.3 Å². The molecule has 116 valence electrons. The molecule has 7 nitrogen and oxygen atoms in total. The van der Waals surface area contributed by atoms with Crippen molar-refractivity contribution < 1.29 is 9.21 Å². The van der Waals surface area contributed by atoms with Crippen LogP contribution in [-0.4, -0.2) is 27.6 Å². The Kier molecular flexibility index (Phi) is 4.30. The normalized spacial score (nSPS) is 10.6. The van der Waals surface area contributed by atoms with Crippen LogP contribution in [0.1, 0.15) is 22.4 Å². The van der Waals surface area contributed by atoms with Crippen LogP contribution < -0.4 is 5.32 Å². The highest BCUT2D eigenvalue weighted by Crippen LogP contribution is 2.24. The quantitative estimate of drug-likeness (QED) is 0.716. The lowest BCUT2D eigenvalue weighted by atomic mass is 10.2. The Morgan fingerprint density at radius 3 is 3.04 bits per heavy atom. The summed E-state index contributed by atoms with van der Waals surface area (Å²) in [6, 6.07) is 7.97. The summed E-state index contributed by atoms with van der Waals surface area (Å²) in [7, 11) is 0. The lowest BCUT2D eigenvalue weighted by molar-refractivity contribution is -0.120. The van der Waals surface area contributed by atoms with Crippen LogP contribution in [0.5, 0.6) is 0 Å². The molecule has 1 N–H and O–H groups in total. The molecule has 0 radical (unpaired) electrons. The van der Waals surface area contributed by atoms with Gasteiger partial charge in [-0.25, -0.2) is 4.98 Å². The molecule has 0 unspecified atom stereocenters. The number of aryl methyl sites for hydroxylation is 1. The molecule has 0 spiro atoms. The zero-order valence-electron chi connectivity index (χ0n) is 12.4. The van der Waals surface area contributed by atoms with Crippen molar-refractivity contribution in [3.8, 4) is 6.07 Å². The smallest absolute Gasteiger partial charge is 0.230 e. The fourth-order valence-corrected chi connectivity index (χ4v) is 3.00. The van der Waals surface area contributed by atoms with E-state index in [9.17, 15) is 4.79 Å². The molecule has 2 aromatic heterocycles. The van der Waals surface area contributed by atoms with Crippen molar-refractivity contribution in [3.05, 3.63) is 40.6 Å². The predicted octanol–water partition coefficient (Wildman–Crippen LogP) is 1.76. The second-order valence-electron chi connectivity index (χ2n) is 4.96. The predicted molar refractivity (Wildman–Crippen MR) is 83.8 cm³/mol. The number of hydrogen-bond acceptors (Lipinski definition) is 7. The fourth-order valence-electron chi connectivity index (χ4n) is 2.06. The highest BCUT2D eigenvalue weighted by molar-refractivity contribution is 7.18. The molecule has 1 aromatic carbocycles. The Bertz CT molecular complexity index is 893. The molecule has 0 aliphatic rings. The van der Waals surface area contributed by atoms with Gasteiger partial charge >= 0.3 is 0 Å². The van der Waals surface area contributed by atoms with Crippen LogP contribution in [0.25, 0.3) is 10.2 Å². The van der Waals surface area contributed by atoms with Gasteiger partial charge in [0.1, 0.15) is 18.0 Å². The molecule has 2 heterocycles. The lowest BCUT2D eigenvalue weighted by Gasteiger charge is -1.95. The van der Waals surface area contributed by atoms with Crippen LogP contribution in [0.3, 0.4) is 0 Å². The van der Waals surface area contributed by atoms with Crippen molar-refractivity contribution in [2.45, 2.75) is 19.8 Å². The zero-order valence-corrected chi connectivity index (χ0v) is 13.2. The maximum Gasteiger partial charge on any atom is 0.230 e. The molecule has 0 aliphatic carbocycles. The summed E-state index contributed by atoms with van der Waals surface area (Å²) in [6.07, 6.45) is 0.402. The summed E-state index contributed by atoms with van der Waals surface area (Å²) in [5.41, 5.74) is 2.12. The van der Waals surface area contributed by atoms with E-state index in [1.807, 2.05) is 25.1 Å². The van der Waals surface area contributed by atoms with Gasteiger partial charge in [0.15, 0.2) is 0 Å². The molecule has 0 atom stereocenters. The summed E-state index contributed by atoms with van der Waals surface area (Å²) >= 11 is 1.58. The van der Waals surface area contributed by atoms with Gasteiger partial charge < -0.3 is 9.73 Å². The van der Waals surface area contributed by atoms with E-state index >= 15 is 0 Å². The average molecular weight is 327 g/mol. The van der Waals surface area contributed by atoms with Crippen molar-refractivity contribution in [2.24, 2.45) is 0 Å². The van der Waals surface area contributed by atoms with E-state index in [1.54, 1.807) is 11.3 Å². The Hall–Kier alpha value is -2.79. The maximum atomic E-state index is 11.5. The van der Waals surface area contributed by atoms with Gasteiger partial charge in [0, 0.05) is 0 Å². The van der Waals surface area contributed by atoms with Gasteiger partial charge in [0.2, 0.25) is 17.7 Å². The molecule has 0 aliphatic heterocycles. The number of nitrogens with zero attached hydrogens (tertiary/aromatic N) is 4. The van der Waals surface area contributed by atoms with Gasteiger partial charge in [-0.3, -0.25) is 4.79 Å². The second kappa shape index (κ2) is 6.54. The first-order valence-corrected chi connectivity index (χ1v) is 7.76. The van der Waals surface area contributed by atoms with Crippen LogP contribution in [0.15, 0.2) is 22.6 Å². The SMILES string of the molecule is Cc1ccc2sc(Cc3nnc(CC(=O)NCC#N)o3)nc2c1. The number of hydrogen-bond donors (Lipinski definition) is 1. The highest BCUT2D eigenvalue weighted by Gasteiger charge is 2.13. The van der Waals surface area contributed by atoms with Crippen molar-refractivity contribution in [3.63, 3.8) is 0 Å². The molecule has 0 fully saturated rings. The van der Waals surface area contributed by atoms with Crippen molar-refractivity contribution in [1.82, 2.24) is 20.5 Å². The summed E-state index contributed by atoms with van der Waals surface area (Å²) in [4.78, 5) is 16.0. The molecule has 8 heteroatoms. The van der Waals surface area contributed by atoms with Gasteiger partial charge in [-0.1, -0.05) is 6.07 Å². The lowest BCUT2D eigenvalue weighted by Crippen LogP contribution is -2.25. The van der Waals surface area contributed by atoms with Crippen molar-refractivity contribution in [1.29, 1.82) is 5.26 Å². The van der Waals surface area contributed by atoms with E-state index in [-0.39, 0.29) is 24.8 Å². The summed E-state index contributed by atoms with van der Waals surface area (Å²) in [6.45, 7) is 1.99. The number of fused-ring (bicyclic) bond motifs is 1. The first-order chi connectivity index (χ1) is 11.1. The topological polar surface area (TPSA) is 105 Å². The van der Waals surface area contributed by atoms with Crippen LogP contribution in [0.2, 0.25) is 0 Å². The Morgan fingerprint density at radius 1 is 1.39 bits per heavy atom. The first kappa shape index (κ1) is 15.1. The molecule has 0 saturated heterocycles. The minimum Gasteiger partial charge on any atom is -0.424 e. The standard InChI is InChI=1S/C15H13N5O2S/c1-9-2-3-11-10(6-9)18-15(23-11)8-14-20-19-13(22-14)7-12(21)17-5-4-16/h2-3,6H,5,7-8H2,1H3,(H,17,21). The number of thiazole rings is 1. The van der Waals surface area contributed by atoms with Gasteiger partial charge in [-0.05, 0) is 24.6 Å². The number of aromatic nitrogens is 3. The summed E-state index contributed by atoms with van der Waals surface area (Å²) in [5.74, 6) is 0.327. The molecular formula is C15H13N5O2S. The minimum absolute atomic E-state index is 0.0340. The average Bonchev–Trinajstić information content (AvgIpc) is 3.11. The third kappa shape index (κ3) is 3.70. The minimum atomic E-state index is -0.322. The molecule has 0 saturated carbocycles. The van der Waals surface area contributed by atoms with E-state index < -0.39 is 0 Å². The Balaban J connectivity index is 1.68. The summed E-state index contributed by atoms with van der Waals surface area (Å²) in [5, 5.41) is 19.5. The van der Waals surface area contributed by atoms with E-state index in [2.05, 4.69) is 26.6 Å². The van der Waals surface area contributed by atoms with Gasteiger partial charge in [-0.2, -0.15) is 5.26 Å². The van der Waals surface area contributed by atoms with E-state index in [1.165, 1.54) is 0 Å². The van der Waals surface area contributed by atoms with Gasteiger partial charge in [-0.15, -0.1) is 21.5 Å². The van der Waals surface area contributed by atoms with Crippen LogP contribution in [0, 0.1) is 18.3 Å². The largest absolute Gasteiger partial charge is 0.424 e. The summed E-state index contributed by atoms with van der Waals surface area (Å²) < 4.78 is 6.57. The van der Waals surface area contributed by atoms with Crippen LogP contribution in [-0.2, 0) is 17.6 Å². The number of benzene rings is 1.